The van der Waals surface area contributed by atoms with Gasteiger partial charge in [-0.1, -0.05) is 18.2 Å². The van der Waals surface area contributed by atoms with Crippen molar-refractivity contribution in [3.63, 3.8) is 0 Å². The van der Waals surface area contributed by atoms with E-state index in [1.807, 2.05) is 6.07 Å². The zero-order valence-corrected chi connectivity index (χ0v) is 26.3. The number of methoxy groups -OCH3 is 4. The van der Waals surface area contributed by atoms with Crippen molar-refractivity contribution in [2.24, 2.45) is 34.5 Å². The van der Waals surface area contributed by atoms with Crippen LogP contribution in [0, 0.1) is 34.5 Å². The molecule has 6 fully saturated rings. The minimum absolute atomic E-state index is 0.103. The number of hydrogen-bond acceptors (Lipinski definition) is 11. The summed E-state index contributed by atoms with van der Waals surface area (Å²) in [5.41, 5.74) is -3.93. The Hall–Kier alpha value is -2.12. The Morgan fingerprint density at radius 2 is 1.75 bits per heavy atom. The van der Waals surface area contributed by atoms with Crippen LogP contribution in [0.5, 0.6) is 0 Å². The van der Waals surface area contributed by atoms with Gasteiger partial charge in [0.2, 0.25) is 0 Å². The number of carbonyl (C=O) groups excluding carboxylic acids is 2. The molecule has 7 rings (SSSR count). The summed E-state index contributed by atoms with van der Waals surface area (Å²) in [5, 5.41) is 25.1. The first-order chi connectivity index (χ1) is 21.0. The molecule has 242 valence electrons. The van der Waals surface area contributed by atoms with Gasteiger partial charge in [0.1, 0.15) is 23.9 Å². The number of aliphatic hydroxyl groups excluding tert-OH is 1. The lowest BCUT2D eigenvalue weighted by atomic mass is 9.43. The van der Waals surface area contributed by atoms with Crippen LogP contribution in [0.2, 0.25) is 0 Å². The van der Waals surface area contributed by atoms with Crippen molar-refractivity contribution in [1.82, 2.24) is 4.90 Å². The minimum atomic E-state index is -1.76. The van der Waals surface area contributed by atoms with Gasteiger partial charge < -0.3 is 43.5 Å². The first-order valence-electron chi connectivity index (χ1n) is 15.7. The number of carbonyl (C=O) groups is 2. The molecule has 44 heavy (non-hydrogen) atoms. The van der Waals surface area contributed by atoms with E-state index in [0.717, 1.165) is 19.4 Å². The highest BCUT2D eigenvalue weighted by Crippen LogP contribution is 2.80. The van der Waals surface area contributed by atoms with E-state index in [4.69, 9.17) is 28.4 Å². The summed E-state index contributed by atoms with van der Waals surface area (Å²) < 4.78 is 37.5. The Labute approximate surface area is 258 Å². The molecule has 1 spiro atoms. The molecule has 0 aromatic heterocycles. The average Bonchev–Trinajstić information content (AvgIpc) is 3.39. The van der Waals surface area contributed by atoms with Crippen molar-refractivity contribution in [2.45, 2.75) is 73.9 Å². The van der Waals surface area contributed by atoms with Gasteiger partial charge in [-0.15, -0.1) is 0 Å². The van der Waals surface area contributed by atoms with E-state index >= 15 is 0 Å². The maximum absolute atomic E-state index is 13.7. The predicted molar refractivity (Wildman–Crippen MR) is 154 cm³/mol. The molecular formula is C33H45NO10. The SMILES string of the molecule is COC[C@@]12CC[C@H](OC)C34C(C([C@H](OC)[C@@H]31)[C@@]1(OC(C)=O)[C@@H](O)[C@H](OC)[C@@]3(O)C[C@@H]4[C@@H]1C3OC(=O)c1ccccc1)N(C)C2. The molecule has 4 unspecified atom stereocenters. The Morgan fingerprint density at radius 1 is 1.02 bits per heavy atom. The van der Waals surface area contributed by atoms with E-state index in [0.29, 0.717) is 12.2 Å². The van der Waals surface area contributed by atoms with Crippen LogP contribution in [0.3, 0.4) is 0 Å². The van der Waals surface area contributed by atoms with Crippen LogP contribution in [-0.2, 0) is 33.2 Å². The van der Waals surface area contributed by atoms with Crippen LogP contribution < -0.4 is 0 Å². The number of aliphatic hydroxyl groups is 2. The first-order valence-corrected chi connectivity index (χ1v) is 15.7. The second kappa shape index (κ2) is 10.2. The molecule has 5 saturated carbocycles. The van der Waals surface area contributed by atoms with E-state index in [1.54, 1.807) is 45.6 Å². The third-order valence-corrected chi connectivity index (χ3v) is 12.8. The van der Waals surface area contributed by atoms with E-state index < -0.39 is 64.8 Å². The van der Waals surface area contributed by atoms with E-state index in [1.165, 1.54) is 14.0 Å². The Balaban J connectivity index is 1.51. The van der Waals surface area contributed by atoms with Gasteiger partial charge in [0.15, 0.2) is 5.60 Å². The first kappa shape index (κ1) is 30.5. The molecule has 0 radical (unpaired) electrons. The molecule has 11 heteroatoms. The van der Waals surface area contributed by atoms with Crippen LogP contribution >= 0.6 is 0 Å². The van der Waals surface area contributed by atoms with Crippen molar-refractivity contribution < 1.29 is 48.2 Å². The number of esters is 2. The number of piperidine rings is 1. The minimum Gasteiger partial charge on any atom is -0.455 e. The smallest absolute Gasteiger partial charge is 0.338 e. The summed E-state index contributed by atoms with van der Waals surface area (Å²) in [6.07, 6.45) is -2.66. The van der Waals surface area contributed by atoms with Crippen molar-refractivity contribution in [1.29, 1.82) is 0 Å². The molecule has 0 amide bonds. The third kappa shape index (κ3) is 3.41. The summed E-state index contributed by atoms with van der Waals surface area (Å²) in [7, 11) is 8.63. The van der Waals surface area contributed by atoms with Gasteiger partial charge in [0, 0.05) is 76.5 Å². The van der Waals surface area contributed by atoms with Crippen molar-refractivity contribution >= 4 is 11.9 Å². The fourth-order valence-electron chi connectivity index (χ4n) is 12.3. The van der Waals surface area contributed by atoms with Crippen molar-refractivity contribution in [3.05, 3.63) is 35.9 Å². The highest BCUT2D eigenvalue weighted by Gasteiger charge is 2.91. The molecule has 11 nitrogen and oxygen atoms in total. The molecule has 1 aliphatic heterocycles. The Morgan fingerprint density at radius 3 is 2.36 bits per heavy atom. The van der Waals surface area contributed by atoms with E-state index in [2.05, 4.69) is 11.9 Å². The molecule has 2 N–H and O–H groups in total. The van der Waals surface area contributed by atoms with Crippen LogP contribution in [0.15, 0.2) is 30.3 Å². The van der Waals surface area contributed by atoms with Gasteiger partial charge in [0.25, 0.3) is 0 Å². The summed E-state index contributed by atoms with van der Waals surface area (Å²) in [6.45, 7) is 2.56. The van der Waals surface area contributed by atoms with Crippen molar-refractivity contribution in [2.75, 3.05) is 48.6 Å². The number of likely N-dealkylation sites (tertiary alicyclic amines) is 1. The Kier molecular flexibility index (Phi) is 7.07. The van der Waals surface area contributed by atoms with Crippen molar-refractivity contribution in [3.8, 4) is 0 Å². The topological polar surface area (TPSA) is 133 Å². The molecule has 14 atom stereocenters. The molecule has 5 aliphatic carbocycles. The largest absolute Gasteiger partial charge is 0.455 e. The molecule has 1 aromatic carbocycles. The van der Waals surface area contributed by atoms with Gasteiger partial charge >= 0.3 is 11.9 Å². The maximum atomic E-state index is 13.7. The number of hydrogen-bond donors (Lipinski definition) is 2. The monoisotopic (exact) mass is 615 g/mol. The van der Waals surface area contributed by atoms with Crippen LogP contribution in [0.1, 0.15) is 36.5 Å². The third-order valence-electron chi connectivity index (χ3n) is 12.8. The van der Waals surface area contributed by atoms with E-state index in [9.17, 15) is 19.8 Å². The lowest BCUT2D eigenvalue weighted by molar-refractivity contribution is -0.316. The van der Waals surface area contributed by atoms with Gasteiger partial charge in [-0.25, -0.2) is 4.79 Å². The maximum Gasteiger partial charge on any atom is 0.338 e. The summed E-state index contributed by atoms with van der Waals surface area (Å²) in [5.74, 6) is -2.96. The summed E-state index contributed by atoms with van der Waals surface area (Å²) in [4.78, 5) is 29.2. The number of nitrogens with zero attached hydrogens (tertiary/aromatic N) is 1. The highest BCUT2D eigenvalue weighted by molar-refractivity contribution is 5.89. The normalized spacial score (nSPS) is 49.9. The number of rotatable bonds is 8. The average molecular weight is 616 g/mol. The summed E-state index contributed by atoms with van der Waals surface area (Å²) in [6, 6.07) is 8.39. The van der Waals surface area contributed by atoms with Crippen LogP contribution in [-0.4, -0.2) is 123 Å². The van der Waals surface area contributed by atoms with Crippen LogP contribution in [0.4, 0.5) is 0 Å². The van der Waals surface area contributed by atoms with Gasteiger partial charge in [0.05, 0.1) is 24.4 Å². The number of fused-ring (bicyclic) bond motifs is 2. The summed E-state index contributed by atoms with van der Waals surface area (Å²) >= 11 is 0. The van der Waals surface area contributed by atoms with Gasteiger partial charge in [-0.2, -0.15) is 0 Å². The standard InChI is InChI=1S/C33H45NO10/c1-17(35)44-33-21-19(14-31(38,28(42-6)26(33)36)27(21)43-29(37)18-10-8-7-9-11-18)32-20(40-4)12-13-30(16-39-3)15-34(2)25(32)22(33)23(41-5)24(30)32/h7-11,19-28,36,38H,12-16H2,1-6H3/t19-,20+,21-,22?,23+,24-,25?,26+,27?,28+,30+,31-,32?,33-/m1/s1. The molecular weight excluding hydrogens is 570 g/mol. The zero-order valence-electron chi connectivity index (χ0n) is 26.3. The molecule has 7 bridgehead atoms. The van der Waals surface area contributed by atoms with Gasteiger partial charge in [-0.05, 0) is 44.4 Å². The number of ether oxygens (including phenoxy) is 6. The lowest BCUT2D eigenvalue weighted by Crippen LogP contribution is -2.80. The second-order valence-electron chi connectivity index (χ2n) is 14.2. The zero-order chi connectivity index (χ0) is 31.4. The molecule has 6 aliphatic rings. The quantitative estimate of drug-likeness (QED) is 0.410. The molecule has 1 heterocycles. The fourth-order valence-corrected chi connectivity index (χ4v) is 12.3. The fraction of sp³-hybridized carbons (Fsp3) is 0.758. The van der Waals surface area contributed by atoms with Gasteiger partial charge in [-0.3, -0.25) is 4.79 Å². The molecule has 1 saturated heterocycles. The Bertz CT molecular complexity index is 1310. The predicted octanol–water partition coefficient (Wildman–Crippen LogP) is 1.29. The second-order valence-corrected chi connectivity index (χ2v) is 14.2. The molecule has 1 aromatic rings. The van der Waals surface area contributed by atoms with Crippen LogP contribution in [0.25, 0.3) is 0 Å². The lowest BCUT2D eigenvalue weighted by Gasteiger charge is -2.69. The highest BCUT2D eigenvalue weighted by atomic mass is 16.6. The van der Waals surface area contributed by atoms with E-state index in [-0.39, 0.29) is 35.8 Å². The number of benzene rings is 1.